The van der Waals surface area contributed by atoms with Crippen LogP contribution in [0.1, 0.15) is 10.4 Å². The first-order valence-corrected chi connectivity index (χ1v) is 5.73. The summed E-state index contributed by atoms with van der Waals surface area (Å²) >= 11 is 11.7. The third kappa shape index (κ3) is 3.97. The molecule has 1 rings (SSSR count). The van der Waals surface area contributed by atoms with E-state index in [4.69, 9.17) is 34.7 Å². The van der Waals surface area contributed by atoms with Crippen molar-refractivity contribution in [2.24, 2.45) is 5.73 Å². The number of nitrogen functional groups attached to an aromatic ring is 1. The lowest BCUT2D eigenvalue weighted by atomic mass is 10.2. The van der Waals surface area contributed by atoms with E-state index >= 15 is 0 Å². The van der Waals surface area contributed by atoms with Crippen LogP contribution >= 0.6 is 23.2 Å². The van der Waals surface area contributed by atoms with E-state index in [1.165, 1.54) is 12.1 Å². The van der Waals surface area contributed by atoms with Crippen LogP contribution in [0, 0.1) is 0 Å². The first-order valence-electron chi connectivity index (χ1n) is 4.98. The van der Waals surface area contributed by atoms with Gasteiger partial charge < -0.3 is 22.1 Å². The molecule has 98 valence electrons. The Kier molecular flexibility index (Phi) is 5.06. The molecule has 8 heteroatoms. The number of amides is 3. The van der Waals surface area contributed by atoms with Crippen molar-refractivity contribution in [3.05, 3.63) is 27.7 Å². The maximum Gasteiger partial charge on any atom is 0.312 e. The van der Waals surface area contributed by atoms with E-state index in [2.05, 4.69) is 10.6 Å². The first-order chi connectivity index (χ1) is 8.41. The number of benzene rings is 1. The Labute approximate surface area is 114 Å². The maximum atomic E-state index is 11.8. The minimum atomic E-state index is -0.658. The molecule has 1 aromatic carbocycles. The normalized spacial score (nSPS) is 9.89. The van der Waals surface area contributed by atoms with Gasteiger partial charge in [0.1, 0.15) is 0 Å². The molecule has 0 heterocycles. The molecule has 0 saturated carbocycles. The number of carbonyl (C=O) groups is 2. The Bertz CT molecular complexity index is 479. The van der Waals surface area contributed by atoms with Crippen molar-refractivity contribution in [3.63, 3.8) is 0 Å². The number of urea groups is 1. The lowest BCUT2D eigenvalue weighted by Gasteiger charge is -2.09. The van der Waals surface area contributed by atoms with Gasteiger partial charge in [-0.15, -0.1) is 0 Å². The van der Waals surface area contributed by atoms with Gasteiger partial charge in [0.15, 0.2) is 0 Å². The second kappa shape index (κ2) is 6.32. The van der Waals surface area contributed by atoms with E-state index in [1.54, 1.807) is 0 Å². The third-order valence-corrected chi connectivity index (χ3v) is 2.81. The highest BCUT2D eigenvalue weighted by Crippen LogP contribution is 2.28. The van der Waals surface area contributed by atoms with Crippen molar-refractivity contribution in [3.8, 4) is 0 Å². The van der Waals surface area contributed by atoms with E-state index < -0.39 is 11.9 Å². The second-order valence-electron chi connectivity index (χ2n) is 3.41. The van der Waals surface area contributed by atoms with Gasteiger partial charge in [-0.2, -0.15) is 0 Å². The predicted molar refractivity (Wildman–Crippen MR) is 70.8 cm³/mol. The summed E-state index contributed by atoms with van der Waals surface area (Å²) in [6.45, 7) is 0.430. The Balaban J connectivity index is 2.64. The van der Waals surface area contributed by atoms with Crippen molar-refractivity contribution >= 4 is 40.8 Å². The van der Waals surface area contributed by atoms with Crippen LogP contribution in [0.15, 0.2) is 12.1 Å². The number of rotatable bonds is 4. The molecule has 1 aromatic rings. The van der Waals surface area contributed by atoms with Crippen LogP contribution in [0.4, 0.5) is 10.5 Å². The molecular formula is C10H12Cl2N4O2. The molecule has 0 radical (unpaired) electrons. The van der Waals surface area contributed by atoms with Gasteiger partial charge >= 0.3 is 6.03 Å². The standard InChI is InChI=1S/C10H12Cl2N4O2/c11-7-4-5(13)3-6(8(7)12)9(17)15-1-2-16-10(14)18/h3-4H,1-2,13H2,(H,15,17)(H3,14,16,18). The van der Waals surface area contributed by atoms with Gasteiger partial charge in [-0.05, 0) is 12.1 Å². The molecule has 0 aromatic heterocycles. The number of nitrogens with one attached hydrogen (secondary N) is 2. The van der Waals surface area contributed by atoms with E-state index in [9.17, 15) is 9.59 Å². The largest absolute Gasteiger partial charge is 0.399 e. The van der Waals surface area contributed by atoms with Crippen molar-refractivity contribution in [1.29, 1.82) is 0 Å². The minimum Gasteiger partial charge on any atom is -0.399 e. The second-order valence-corrected chi connectivity index (χ2v) is 4.20. The Morgan fingerprint density at radius 3 is 2.39 bits per heavy atom. The first kappa shape index (κ1) is 14.4. The fourth-order valence-corrected chi connectivity index (χ4v) is 1.65. The lowest BCUT2D eigenvalue weighted by molar-refractivity contribution is 0.0954. The van der Waals surface area contributed by atoms with Crippen LogP contribution in [-0.4, -0.2) is 25.0 Å². The Morgan fingerprint density at radius 1 is 1.17 bits per heavy atom. The average Bonchev–Trinajstić information content (AvgIpc) is 2.28. The summed E-state index contributed by atoms with van der Waals surface area (Å²) in [6.07, 6.45) is 0. The quantitative estimate of drug-likeness (QED) is 0.490. The summed E-state index contributed by atoms with van der Waals surface area (Å²) in [6, 6.07) is 2.22. The minimum absolute atomic E-state index is 0.131. The monoisotopic (exact) mass is 290 g/mol. The van der Waals surface area contributed by atoms with Crippen molar-refractivity contribution < 1.29 is 9.59 Å². The molecule has 0 fully saturated rings. The summed E-state index contributed by atoms with van der Waals surface area (Å²) in [4.78, 5) is 22.2. The molecule has 0 aliphatic carbocycles. The number of primary amides is 1. The summed E-state index contributed by atoms with van der Waals surface area (Å²) in [5.74, 6) is -0.430. The van der Waals surface area contributed by atoms with Crippen molar-refractivity contribution in [2.75, 3.05) is 18.8 Å². The number of nitrogens with two attached hydrogens (primary N) is 2. The Morgan fingerprint density at radius 2 is 1.78 bits per heavy atom. The molecule has 6 nitrogen and oxygen atoms in total. The van der Waals surface area contributed by atoms with Crippen LogP contribution in [0.3, 0.4) is 0 Å². The van der Waals surface area contributed by atoms with E-state index in [-0.39, 0.29) is 28.7 Å². The van der Waals surface area contributed by atoms with Crippen molar-refractivity contribution in [2.45, 2.75) is 0 Å². The van der Waals surface area contributed by atoms with Gasteiger partial charge in [-0.1, -0.05) is 23.2 Å². The highest BCUT2D eigenvalue weighted by molar-refractivity contribution is 6.44. The summed E-state index contributed by atoms with van der Waals surface area (Å²) in [5, 5.41) is 5.21. The summed E-state index contributed by atoms with van der Waals surface area (Å²) in [5.41, 5.74) is 10.9. The van der Waals surface area contributed by atoms with Crippen LogP contribution in [0.25, 0.3) is 0 Å². The fourth-order valence-electron chi connectivity index (χ4n) is 1.23. The fraction of sp³-hybridized carbons (Fsp3) is 0.200. The molecule has 18 heavy (non-hydrogen) atoms. The van der Waals surface area contributed by atoms with Crippen LogP contribution in [0.2, 0.25) is 10.0 Å². The Hall–Kier alpha value is -1.66. The lowest BCUT2D eigenvalue weighted by Crippen LogP contribution is -2.37. The zero-order valence-electron chi connectivity index (χ0n) is 9.30. The number of carbonyl (C=O) groups excluding carboxylic acids is 2. The SMILES string of the molecule is NC(=O)NCCNC(=O)c1cc(N)cc(Cl)c1Cl. The molecule has 0 saturated heterocycles. The predicted octanol–water partition coefficient (Wildman–Crippen LogP) is 0.974. The number of anilines is 1. The van der Waals surface area contributed by atoms with E-state index in [1.807, 2.05) is 0 Å². The molecule has 0 spiro atoms. The third-order valence-electron chi connectivity index (χ3n) is 2.00. The number of hydrogen-bond acceptors (Lipinski definition) is 3. The molecule has 0 aliphatic rings. The van der Waals surface area contributed by atoms with E-state index in [0.29, 0.717) is 5.69 Å². The molecule has 6 N–H and O–H groups in total. The van der Waals surface area contributed by atoms with Gasteiger partial charge in [-0.3, -0.25) is 4.79 Å². The summed E-state index contributed by atoms with van der Waals surface area (Å²) in [7, 11) is 0. The molecular weight excluding hydrogens is 279 g/mol. The number of halogens is 2. The topological polar surface area (TPSA) is 110 Å². The molecule has 0 aliphatic heterocycles. The molecule has 0 bridgehead atoms. The number of hydrogen-bond donors (Lipinski definition) is 4. The van der Waals surface area contributed by atoms with E-state index in [0.717, 1.165) is 0 Å². The zero-order valence-corrected chi connectivity index (χ0v) is 10.8. The zero-order chi connectivity index (χ0) is 13.7. The maximum absolute atomic E-state index is 11.8. The smallest absolute Gasteiger partial charge is 0.312 e. The van der Waals surface area contributed by atoms with Gasteiger partial charge in [0.25, 0.3) is 5.91 Å². The highest BCUT2D eigenvalue weighted by atomic mass is 35.5. The van der Waals surface area contributed by atoms with Crippen LogP contribution in [0.5, 0.6) is 0 Å². The average molecular weight is 291 g/mol. The van der Waals surface area contributed by atoms with Crippen LogP contribution in [-0.2, 0) is 0 Å². The summed E-state index contributed by atoms with van der Waals surface area (Å²) < 4.78 is 0. The van der Waals surface area contributed by atoms with Gasteiger partial charge in [0, 0.05) is 18.8 Å². The highest BCUT2D eigenvalue weighted by Gasteiger charge is 2.13. The molecule has 0 atom stereocenters. The van der Waals surface area contributed by atoms with Crippen molar-refractivity contribution in [1.82, 2.24) is 10.6 Å². The van der Waals surface area contributed by atoms with Crippen LogP contribution < -0.4 is 22.1 Å². The molecule has 3 amide bonds. The van der Waals surface area contributed by atoms with Gasteiger partial charge in [-0.25, -0.2) is 4.79 Å². The van der Waals surface area contributed by atoms with Gasteiger partial charge in [0.05, 0.1) is 15.6 Å². The van der Waals surface area contributed by atoms with Gasteiger partial charge in [0.2, 0.25) is 0 Å². The molecule has 0 unspecified atom stereocenters.